The second-order valence-electron chi connectivity index (χ2n) is 7.52. The summed E-state index contributed by atoms with van der Waals surface area (Å²) in [5, 5.41) is 3.27. The van der Waals surface area contributed by atoms with Gasteiger partial charge in [0.1, 0.15) is 5.54 Å². The van der Waals surface area contributed by atoms with Crippen molar-refractivity contribution in [1.29, 1.82) is 0 Å². The maximum Gasteiger partial charge on any atom is 0.326 e. The molecule has 2 fully saturated rings. The molecular weight excluding hydrogens is 356 g/mol. The van der Waals surface area contributed by atoms with Gasteiger partial charge in [0, 0.05) is 6.04 Å². The minimum atomic E-state index is -1.29. The van der Waals surface area contributed by atoms with Crippen LogP contribution in [0.4, 0.5) is 5.69 Å². The van der Waals surface area contributed by atoms with Crippen molar-refractivity contribution in [3.8, 4) is 0 Å². The van der Waals surface area contributed by atoms with Gasteiger partial charge in [-0.1, -0.05) is 42.5 Å². The van der Waals surface area contributed by atoms with Gasteiger partial charge in [0.15, 0.2) is 0 Å². The zero-order valence-electron chi connectivity index (χ0n) is 16.0. The van der Waals surface area contributed by atoms with Crippen LogP contribution >= 0.6 is 0 Å². The molecule has 2 saturated heterocycles. The SMILES string of the molecule is COC(=O)[C@@]1(C)N[C@@H](c2ccccc2C)[C@@H]2C(=O)N(c3ccccc3)C(=O)[C@H]21. The number of nitrogens with one attached hydrogen (secondary N) is 1. The van der Waals surface area contributed by atoms with E-state index in [0.717, 1.165) is 11.1 Å². The number of para-hydroxylation sites is 1. The highest BCUT2D eigenvalue weighted by molar-refractivity contribution is 6.24. The number of methoxy groups -OCH3 is 1. The van der Waals surface area contributed by atoms with Crippen molar-refractivity contribution >= 4 is 23.5 Å². The third-order valence-corrected chi connectivity index (χ3v) is 5.93. The molecule has 28 heavy (non-hydrogen) atoms. The van der Waals surface area contributed by atoms with E-state index in [1.165, 1.54) is 12.0 Å². The average Bonchev–Trinajstić information content (AvgIpc) is 3.16. The number of rotatable bonds is 3. The molecule has 2 aliphatic rings. The molecule has 2 heterocycles. The Kier molecular flexibility index (Phi) is 4.31. The first-order chi connectivity index (χ1) is 13.4. The minimum absolute atomic E-state index is 0.297. The summed E-state index contributed by atoms with van der Waals surface area (Å²) in [6.07, 6.45) is 0. The predicted molar refractivity (Wildman–Crippen MR) is 103 cm³/mol. The van der Waals surface area contributed by atoms with Gasteiger partial charge in [-0.05, 0) is 37.1 Å². The fourth-order valence-corrected chi connectivity index (χ4v) is 4.57. The number of ether oxygens (including phenoxy) is 1. The molecule has 144 valence electrons. The second-order valence-corrected chi connectivity index (χ2v) is 7.52. The first-order valence-electron chi connectivity index (χ1n) is 9.24. The summed E-state index contributed by atoms with van der Waals surface area (Å²) in [4.78, 5) is 40.6. The number of carbonyl (C=O) groups excluding carboxylic acids is 3. The third kappa shape index (κ3) is 2.48. The number of esters is 1. The molecular formula is C22H22N2O4. The van der Waals surface area contributed by atoms with Crippen molar-refractivity contribution < 1.29 is 19.1 Å². The van der Waals surface area contributed by atoms with Crippen LogP contribution in [0.25, 0.3) is 0 Å². The highest BCUT2D eigenvalue weighted by Gasteiger charge is 2.67. The molecule has 4 atom stereocenters. The number of benzene rings is 2. The van der Waals surface area contributed by atoms with Crippen LogP contribution in [0.15, 0.2) is 54.6 Å². The Hall–Kier alpha value is -2.99. The molecule has 2 aliphatic heterocycles. The Morgan fingerprint density at radius 1 is 1.04 bits per heavy atom. The zero-order valence-corrected chi connectivity index (χ0v) is 16.0. The Labute approximate surface area is 163 Å². The number of hydrogen-bond donors (Lipinski definition) is 1. The Morgan fingerprint density at radius 3 is 2.32 bits per heavy atom. The predicted octanol–water partition coefficient (Wildman–Crippen LogP) is 2.38. The maximum absolute atomic E-state index is 13.4. The number of imide groups is 1. The number of carbonyl (C=O) groups is 3. The molecule has 2 amide bonds. The van der Waals surface area contributed by atoms with Crippen LogP contribution < -0.4 is 10.2 Å². The van der Waals surface area contributed by atoms with E-state index < -0.39 is 29.4 Å². The molecule has 0 saturated carbocycles. The van der Waals surface area contributed by atoms with Crippen molar-refractivity contribution in [3.63, 3.8) is 0 Å². The fourth-order valence-electron chi connectivity index (χ4n) is 4.57. The Morgan fingerprint density at radius 2 is 1.68 bits per heavy atom. The van der Waals surface area contributed by atoms with Gasteiger partial charge < -0.3 is 4.74 Å². The fraction of sp³-hybridized carbons (Fsp3) is 0.318. The van der Waals surface area contributed by atoms with E-state index in [-0.39, 0.29) is 11.8 Å². The highest BCUT2D eigenvalue weighted by Crippen LogP contribution is 2.50. The van der Waals surface area contributed by atoms with Crippen LogP contribution in [0.3, 0.4) is 0 Å². The lowest BCUT2D eigenvalue weighted by atomic mass is 9.80. The minimum Gasteiger partial charge on any atom is -0.468 e. The van der Waals surface area contributed by atoms with E-state index in [9.17, 15) is 14.4 Å². The van der Waals surface area contributed by atoms with Crippen LogP contribution in [0, 0.1) is 18.8 Å². The molecule has 6 nitrogen and oxygen atoms in total. The largest absolute Gasteiger partial charge is 0.468 e. The number of aryl methyl sites for hydroxylation is 1. The van der Waals surface area contributed by atoms with Gasteiger partial charge in [-0.3, -0.25) is 19.7 Å². The van der Waals surface area contributed by atoms with Gasteiger partial charge in [-0.2, -0.15) is 0 Å². The van der Waals surface area contributed by atoms with E-state index in [1.807, 2.05) is 37.3 Å². The first kappa shape index (κ1) is 18.4. The smallest absolute Gasteiger partial charge is 0.326 e. The van der Waals surface area contributed by atoms with Gasteiger partial charge >= 0.3 is 5.97 Å². The van der Waals surface area contributed by atoms with Gasteiger partial charge in [0.05, 0.1) is 24.6 Å². The van der Waals surface area contributed by atoms with Crippen molar-refractivity contribution in [1.82, 2.24) is 5.32 Å². The lowest BCUT2D eigenvalue weighted by molar-refractivity contribution is -0.151. The normalized spacial score (nSPS) is 29.1. The van der Waals surface area contributed by atoms with Gasteiger partial charge in [-0.15, -0.1) is 0 Å². The molecule has 2 aromatic rings. The van der Waals surface area contributed by atoms with Crippen molar-refractivity contribution in [2.75, 3.05) is 12.0 Å². The number of nitrogens with zero attached hydrogens (tertiary/aromatic N) is 1. The molecule has 1 N–H and O–H groups in total. The number of anilines is 1. The number of fused-ring (bicyclic) bond motifs is 1. The molecule has 4 rings (SSSR count). The Bertz CT molecular complexity index is 958. The summed E-state index contributed by atoms with van der Waals surface area (Å²) in [6.45, 7) is 3.60. The molecule has 0 aromatic heterocycles. The van der Waals surface area contributed by atoms with E-state index in [4.69, 9.17) is 4.74 Å². The topological polar surface area (TPSA) is 75.7 Å². The van der Waals surface area contributed by atoms with E-state index in [0.29, 0.717) is 5.69 Å². The second kappa shape index (κ2) is 6.56. The van der Waals surface area contributed by atoms with Crippen molar-refractivity contribution in [3.05, 3.63) is 65.7 Å². The summed E-state index contributed by atoms with van der Waals surface area (Å²) in [5.41, 5.74) is 1.12. The molecule has 0 unspecified atom stereocenters. The molecule has 2 aromatic carbocycles. The molecule has 0 aliphatic carbocycles. The lowest BCUT2D eigenvalue weighted by Gasteiger charge is -2.29. The molecule has 0 spiro atoms. The summed E-state index contributed by atoms with van der Waals surface area (Å²) in [6, 6.07) is 16.1. The monoisotopic (exact) mass is 378 g/mol. The highest BCUT2D eigenvalue weighted by atomic mass is 16.5. The zero-order chi connectivity index (χ0) is 20.1. The number of amides is 2. The Balaban J connectivity index is 1.85. The van der Waals surface area contributed by atoms with Crippen LogP contribution in [-0.4, -0.2) is 30.4 Å². The third-order valence-electron chi connectivity index (χ3n) is 5.93. The van der Waals surface area contributed by atoms with Crippen molar-refractivity contribution in [2.45, 2.75) is 25.4 Å². The summed E-state index contributed by atoms with van der Waals surface area (Å²) in [5.74, 6) is -2.74. The molecule has 6 heteroatoms. The average molecular weight is 378 g/mol. The van der Waals surface area contributed by atoms with Crippen LogP contribution in [-0.2, 0) is 19.1 Å². The van der Waals surface area contributed by atoms with Gasteiger partial charge in [-0.25, -0.2) is 4.90 Å². The van der Waals surface area contributed by atoms with Crippen LogP contribution in [0.2, 0.25) is 0 Å². The van der Waals surface area contributed by atoms with Gasteiger partial charge in [0.2, 0.25) is 11.8 Å². The van der Waals surface area contributed by atoms with E-state index in [1.54, 1.807) is 31.2 Å². The van der Waals surface area contributed by atoms with Gasteiger partial charge in [0.25, 0.3) is 0 Å². The summed E-state index contributed by atoms with van der Waals surface area (Å²) in [7, 11) is 1.29. The number of hydrogen-bond acceptors (Lipinski definition) is 5. The molecule has 0 bridgehead atoms. The standard InChI is InChI=1S/C22H22N2O4/c1-13-9-7-8-12-15(13)18-16-17(22(2,23-18)21(27)28-3)20(26)24(19(16)25)14-10-5-4-6-11-14/h4-12,16-18,23H,1-3H3/t16-,17+,18+,22+/m1/s1. The van der Waals surface area contributed by atoms with Crippen LogP contribution in [0.5, 0.6) is 0 Å². The summed E-state index contributed by atoms with van der Waals surface area (Å²) >= 11 is 0. The van der Waals surface area contributed by atoms with E-state index in [2.05, 4.69) is 5.32 Å². The summed E-state index contributed by atoms with van der Waals surface area (Å²) < 4.78 is 5.00. The van der Waals surface area contributed by atoms with Crippen molar-refractivity contribution in [2.24, 2.45) is 11.8 Å². The lowest BCUT2D eigenvalue weighted by Crippen LogP contribution is -2.54. The molecule has 0 radical (unpaired) electrons. The van der Waals surface area contributed by atoms with Crippen LogP contribution in [0.1, 0.15) is 24.1 Å². The first-order valence-corrected chi connectivity index (χ1v) is 9.24. The maximum atomic E-state index is 13.4. The van der Waals surface area contributed by atoms with E-state index >= 15 is 0 Å². The quantitative estimate of drug-likeness (QED) is 0.656.